The number of hydrogen-bond donors (Lipinski definition) is 0. The monoisotopic (exact) mass is 446 g/mol. The Kier molecular flexibility index (Phi) is 7.13. The highest BCUT2D eigenvalue weighted by Crippen LogP contribution is 2.20. The van der Waals surface area contributed by atoms with E-state index in [4.69, 9.17) is 9.47 Å². The van der Waals surface area contributed by atoms with Crippen LogP contribution < -0.4 is 15.0 Å². The molecule has 6 nitrogen and oxygen atoms in total. The summed E-state index contributed by atoms with van der Waals surface area (Å²) in [5.74, 6) is 1.50. The van der Waals surface area contributed by atoms with E-state index in [0.717, 1.165) is 29.0 Å². The number of ether oxygens (including phenoxy) is 2. The van der Waals surface area contributed by atoms with Gasteiger partial charge in [0.2, 0.25) is 5.91 Å². The molecule has 1 saturated heterocycles. The van der Waals surface area contributed by atoms with E-state index in [1.54, 1.807) is 11.6 Å². The normalized spacial score (nSPS) is 15.5. The first kappa shape index (κ1) is 22.6. The molecule has 172 valence electrons. The molecular weight excluding hydrogens is 416 g/mol. The summed E-state index contributed by atoms with van der Waals surface area (Å²) < 4.78 is 13.5. The molecule has 3 aromatic rings. The van der Waals surface area contributed by atoms with Crippen molar-refractivity contribution in [2.24, 2.45) is 7.05 Å². The van der Waals surface area contributed by atoms with Gasteiger partial charge in [-0.3, -0.25) is 9.59 Å². The Hall–Kier alpha value is -3.54. The van der Waals surface area contributed by atoms with Crippen molar-refractivity contribution in [3.63, 3.8) is 0 Å². The van der Waals surface area contributed by atoms with Crippen molar-refractivity contribution in [2.45, 2.75) is 38.9 Å². The molecule has 1 fully saturated rings. The molecule has 1 amide bonds. The number of hydrogen-bond acceptors (Lipinski definition) is 4. The molecule has 1 aliphatic rings. The third-order valence-corrected chi connectivity index (χ3v) is 6.05. The smallest absolute Gasteiger partial charge is 0.254 e. The third kappa shape index (κ3) is 6.04. The molecule has 2 heterocycles. The second-order valence-electron chi connectivity index (χ2n) is 8.52. The zero-order valence-corrected chi connectivity index (χ0v) is 19.2. The van der Waals surface area contributed by atoms with Gasteiger partial charge in [-0.05, 0) is 42.7 Å². The lowest BCUT2D eigenvalue weighted by atomic mass is 10.1. The minimum absolute atomic E-state index is 0.0878. The molecule has 0 aliphatic carbocycles. The molecule has 0 saturated carbocycles. The largest absolute Gasteiger partial charge is 0.489 e. The second-order valence-corrected chi connectivity index (χ2v) is 8.52. The van der Waals surface area contributed by atoms with E-state index in [1.807, 2.05) is 72.5 Å². The first-order valence-corrected chi connectivity index (χ1v) is 11.4. The minimum atomic E-state index is -0.0918. The summed E-state index contributed by atoms with van der Waals surface area (Å²) in [5.41, 5.74) is 2.95. The minimum Gasteiger partial charge on any atom is -0.489 e. The lowest BCUT2D eigenvalue weighted by Crippen LogP contribution is -2.31. The van der Waals surface area contributed by atoms with Crippen molar-refractivity contribution < 1.29 is 14.3 Å². The van der Waals surface area contributed by atoms with E-state index in [-0.39, 0.29) is 17.6 Å². The van der Waals surface area contributed by atoms with Crippen LogP contribution in [-0.4, -0.2) is 34.6 Å². The van der Waals surface area contributed by atoms with E-state index in [2.05, 4.69) is 0 Å². The van der Waals surface area contributed by atoms with E-state index in [9.17, 15) is 9.59 Å². The van der Waals surface area contributed by atoms with Crippen molar-refractivity contribution >= 4 is 5.91 Å². The molecule has 4 rings (SSSR count). The van der Waals surface area contributed by atoms with Crippen molar-refractivity contribution in [3.05, 3.63) is 93.9 Å². The molecule has 1 aliphatic heterocycles. The summed E-state index contributed by atoms with van der Waals surface area (Å²) in [4.78, 5) is 26.6. The number of pyridine rings is 1. The van der Waals surface area contributed by atoms with Crippen LogP contribution in [0.15, 0.2) is 71.5 Å². The summed E-state index contributed by atoms with van der Waals surface area (Å²) in [6, 6.07) is 21.3. The molecule has 0 radical (unpaired) electrons. The standard InChI is InChI=1S/C27H30N2O4/c1-20-15-25(17-27(31)28(20)2)33-24-13-14-29(18-24)26(30)12-11-21-9-6-10-23(16-21)32-19-22-7-4-3-5-8-22/h3-10,15-17,24H,11-14,18-19H2,1-2H3. The summed E-state index contributed by atoms with van der Waals surface area (Å²) in [7, 11) is 1.74. The number of benzene rings is 2. The SMILES string of the molecule is Cc1cc(OC2CCN(C(=O)CCc3cccc(OCc4ccccc4)c3)C2)cc(=O)n1C. The molecule has 33 heavy (non-hydrogen) atoms. The molecule has 1 unspecified atom stereocenters. The van der Waals surface area contributed by atoms with Crippen LogP contribution in [0.3, 0.4) is 0 Å². The van der Waals surface area contributed by atoms with E-state index in [0.29, 0.717) is 38.3 Å². The average Bonchev–Trinajstić information content (AvgIpc) is 3.29. The highest BCUT2D eigenvalue weighted by molar-refractivity contribution is 5.76. The summed E-state index contributed by atoms with van der Waals surface area (Å²) in [6.45, 7) is 3.62. The van der Waals surface area contributed by atoms with Crippen LogP contribution in [0.25, 0.3) is 0 Å². The van der Waals surface area contributed by atoms with Gasteiger partial charge in [-0.15, -0.1) is 0 Å². The topological polar surface area (TPSA) is 60.8 Å². The maximum absolute atomic E-state index is 12.8. The van der Waals surface area contributed by atoms with E-state index in [1.165, 1.54) is 6.07 Å². The van der Waals surface area contributed by atoms with Crippen LogP contribution in [0.1, 0.15) is 29.7 Å². The van der Waals surface area contributed by atoms with Gasteiger partial charge in [-0.2, -0.15) is 0 Å². The summed E-state index contributed by atoms with van der Waals surface area (Å²) >= 11 is 0. The number of likely N-dealkylation sites (tertiary alicyclic amines) is 1. The number of aryl methyl sites for hydroxylation is 2. The van der Waals surface area contributed by atoms with Crippen LogP contribution >= 0.6 is 0 Å². The van der Waals surface area contributed by atoms with Gasteiger partial charge < -0.3 is 18.9 Å². The van der Waals surface area contributed by atoms with Crippen molar-refractivity contribution in [2.75, 3.05) is 13.1 Å². The predicted molar refractivity (Wildman–Crippen MR) is 128 cm³/mol. The number of aromatic nitrogens is 1. The summed E-state index contributed by atoms with van der Waals surface area (Å²) in [5, 5.41) is 0. The average molecular weight is 447 g/mol. The number of amides is 1. The third-order valence-electron chi connectivity index (χ3n) is 6.05. The molecule has 0 spiro atoms. The zero-order chi connectivity index (χ0) is 23.2. The van der Waals surface area contributed by atoms with Crippen molar-refractivity contribution in [1.29, 1.82) is 0 Å². The van der Waals surface area contributed by atoms with Crippen LogP contribution in [0.2, 0.25) is 0 Å². The molecule has 6 heteroatoms. The highest BCUT2D eigenvalue weighted by atomic mass is 16.5. The van der Waals surface area contributed by atoms with E-state index < -0.39 is 0 Å². The Labute approximate surface area is 194 Å². The lowest BCUT2D eigenvalue weighted by molar-refractivity contribution is -0.130. The van der Waals surface area contributed by atoms with Gasteiger partial charge in [0.1, 0.15) is 24.2 Å². The molecule has 1 aromatic heterocycles. The van der Waals surface area contributed by atoms with Crippen LogP contribution in [0.4, 0.5) is 0 Å². The molecule has 1 atom stereocenters. The van der Waals surface area contributed by atoms with Gasteiger partial charge in [0.05, 0.1) is 6.54 Å². The Morgan fingerprint density at radius 2 is 1.79 bits per heavy atom. The van der Waals surface area contributed by atoms with Gasteiger partial charge in [0, 0.05) is 38.2 Å². The Morgan fingerprint density at radius 3 is 2.58 bits per heavy atom. The first-order valence-electron chi connectivity index (χ1n) is 11.4. The maximum atomic E-state index is 12.8. The molecule has 0 bridgehead atoms. The number of nitrogens with zero attached hydrogens (tertiary/aromatic N) is 2. The number of rotatable bonds is 8. The Morgan fingerprint density at radius 1 is 1.00 bits per heavy atom. The first-order chi connectivity index (χ1) is 16.0. The maximum Gasteiger partial charge on any atom is 0.254 e. The Bertz CT molecular complexity index is 1160. The molecule has 0 N–H and O–H groups in total. The highest BCUT2D eigenvalue weighted by Gasteiger charge is 2.27. The number of carbonyl (C=O) groups is 1. The van der Waals surface area contributed by atoms with E-state index >= 15 is 0 Å². The fourth-order valence-electron chi connectivity index (χ4n) is 3.99. The Balaban J connectivity index is 1.26. The van der Waals surface area contributed by atoms with Gasteiger partial charge in [-0.25, -0.2) is 0 Å². The fourth-order valence-corrected chi connectivity index (χ4v) is 3.99. The summed E-state index contributed by atoms with van der Waals surface area (Å²) in [6.07, 6.45) is 1.79. The zero-order valence-electron chi connectivity index (χ0n) is 19.2. The predicted octanol–water partition coefficient (Wildman–Crippen LogP) is 3.89. The molecule has 2 aromatic carbocycles. The van der Waals surface area contributed by atoms with Gasteiger partial charge >= 0.3 is 0 Å². The molecular formula is C27H30N2O4. The number of carbonyl (C=O) groups excluding carboxylic acids is 1. The van der Waals surface area contributed by atoms with Crippen molar-refractivity contribution in [3.8, 4) is 11.5 Å². The van der Waals surface area contributed by atoms with Crippen molar-refractivity contribution in [1.82, 2.24) is 9.47 Å². The van der Waals surface area contributed by atoms with Gasteiger partial charge in [0.25, 0.3) is 5.56 Å². The fraction of sp³-hybridized carbons (Fsp3) is 0.333. The van der Waals surface area contributed by atoms with Crippen LogP contribution in [-0.2, 0) is 24.9 Å². The van der Waals surface area contributed by atoms with Gasteiger partial charge in [-0.1, -0.05) is 42.5 Å². The second kappa shape index (κ2) is 10.4. The van der Waals surface area contributed by atoms with Crippen LogP contribution in [0.5, 0.6) is 11.5 Å². The van der Waals surface area contributed by atoms with Gasteiger partial charge in [0.15, 0.2) is 0 Å². The quantitative estimate of drug-likeness (QED) is 0.527. The lowest BCUT2D eigenvalue weighted by Gasteiger charge is -2.18. The van der Waals surface area contributed by atoms with Crippen LogP contribution in [0, 0.1) is 6.92 Å².